The first-order valence-electron chi connectivity index (χ1n) is 9.90. The number of hydrogen-bond acceptors (Lipinski definition) is 5. The van der Waals surface area contributed by atoms with Crippen LogP contribution in [0.15, 0.2) is 23.0 Å². The molecule has 2 atom stereocenters. The van der Waals surface area contributed by atoms with Gasteiger partial charge < -0.3 is 10.2 Å². The third-order valence-corrected chi connectivity index (χ3v) is 6.09. The van der Waals surface area contributed by atoms with Crippen LogP contribution in [0.3, 0.4) is 0 Å². The Morgan fingerprint density at radius 2 is 1.96 bits per heavy atom. The predicted molar refractivity (Wildman–Crippen MR) is 106 cm³/mol. The summed E-state index contributed by atoms with van der Waals surface area (Å²) in [7, 11) is 3.90. The van der Waals surface area contributed by atoms with Crippen molar-refractivity contribution in [1.82, 2.24) is 24.7 Å². The second kappa shape index (κ2) is 7.52. The second-order valence-corrected chi connectivity index (χ2v) is 7.88. The number of carbonyl (C=O) groups is 2. The smallest absolute Gasteiger partial charge is 0.314 e. The summed E-state index contributed by atoms with van der Waals surface area (Å²) in [5.74, 6) is -0.679. The van der Waals surface area contributed by atoms with Crippen LogP contribution in [0, 0.1) is 0 Å². The number of benzene rings is 1. The lowest BCUT2D eigenvalue weighted by molar-refractivity contribution is -0.135. The molecule has 1 unspecified atom stereocenters. The number of piperazine rings is 1. The third kappa shape index (κ3) is 3.38. The Balaban J connectivity index is 1.60. The Morgan fingerprint density at radius 3 is 2.71 bits per heavy atom. The summed E-state index contributed by atoms with van der Waals surface area (Å²) in [4.78, 5) is 38.9. The van der Waals surface area contributed by atoms with Crippen LogP contribution in [0.25, 0.3) is 11.0 Å². The average Bonchev–Trinajstić information content (AvgIpc) is 2.92. The summed E-state index contributed by atoms with van der Waals surface area (Å²) in [5.41, 5.74) is 2.52. The molecule has 2 saturated heterocycles. The van der Waals surface area contributed by atoms with Gasteiger partial charge in [-0.25, -0.2) is 4.79 Å². The molecule has 3 heterocycles. The first-order valence-corrected chi connectivity index (χ1v) is 9.90. The lowest BCUT2D eigenvalue weighted by Crippen LogP contribution is -2.49. The molecule has 1 aromatic carbocycles. The van der Waals surface area contributed by atoms with E-state index in [0.717, 1.165) is 43.5 Å². The first kappa shape index (κ1) is 18.9. The molecule has 8 nitrogen and oxygen atoms in total. The summed E-state index contributed by atoms with van der Waals surface area (Å²) in [6.07, 6.45) is 2.59. The number of imide groups is 1. The van der Waals surface area contributed by atoms with Crippen LogP contribution in [0.1, 0.15) is 30.9 Å². The Kier molecular flexibility index (Phi) is 5.07. The standard InChI is InChI=1S/C20H27N5O3/c1-23-10-9-21-12-14(23)5-3-13-4-6-15-17(11-13)24(2)20(28)25(15)16-7-8-18(26)22-19(16)27/h4,6,11,14,16,21H,3,5,7-10,12H2,1-2H3,(H,22,26,27)/t14-,16?/m1/s1. The van der Waals surface area contributed by atoms with Crippen LogP contribution in [0.5, 0.6) is 0 Å². The molecule has 0 spiro atoms. The van der Waals surface area contributed by atoms with Crippen molar-refractivity contribution in [2.24, 2.45) is 7.05 Å². The first-order chi connectivity index (χ1) is 13.5. The van der Waals surface area contributed by atoms with Gasteiger partial charge in [-0.05, 0) is 44.0 Å². The Morgan fingerprint density at radius 1 is 1.14 bits per heavy atom. The molecule has 1 aromatic heterocycles. The van der Waals surface area contributed by atoms with E-state index in [0.29, 0.717) is 12.5 Å². The summed E-state index contributed by atoms with van der Waals surface area (Å²) in [6.45, 7) is 3.10. The maximum atomic E-state index is 12.8. The molecule has 8 heteroatoms. The van der Waals surface area contributed by atoms with Gasteiger partial charge in [-0.1, -0.05) is 6.07 Å². The second-order valence-electron chi connectivity index (χ2n) is 7.88. The molecular formula is C20H27N5O3. The molecule has 2 fully saturated rings. The van der Waals surface area contributed by atoms with Gasteiger partial charge in [0.1, 0.15) is 6.04 Å². The number of fused-ring (bicyclic) bond motifs is 1. The number of piperidine rings is 1. The fourth-order valence-electron chi connectivity index (χ4n) is 4.31. The van der Waals surface area contributed by atoms with Crippen molar-refractivity contribution in [3.8, 4) is 0 Å². The highest BCUT2D eigenvalue weighted by Gasteiger charge is 2.31. The van der Waals surface area contributed by atoms with E-state index in [2.05, 4.69) is 28.6 Å². The number of aromatic nitrogens is 2. The van der Waals surface area contributed by atoms with Crippen LogP contribution >= 0.6 is 0 Å². The maximum absolute atomic E-state index is 12.8. The molecule has 2 amide bonds. The van der Waals surface area contributed by atoms with Gasteiger partial charge in [0.05, 0.1) is 11.0 Å². The van der Waals surface area contributed by atoms with Crippen molar-refractivity contribution in [3.05, 3.63) is 34.2 Å². The minimum Gasteiger partial charge on any atom is -0.314 e. The number of nitrogens with one attached hydrogen (secondary N) is 2. The van der Waals surface area contributed by atoms with E-state index < -0.39 is 11.9 Å². The van der Waals surface area contributed by atoms with Crippen molar-refractivity contribution in [2.45, 2.75) is 37.8 Å². The lowest BCUT2D eigenvalue weighted by atomic mass is 10.0. The van der Waals surface area contributed by atoms with Crippen LogP contribution in [-0.2, 0) is 23.1 Å². The Labute approximate surface area is 163 Å². The summed E-state index contributed by atoms with van der Waals surface area (Å²) in [5, 5.41) is 5.79. The minimum absolute atomic E-state index is 0.224. The van der Waals surface area contributed by atoms with Crippen molar-refractivity contribution in [1.29, 1.82) is 0 Å². The topological polar surface area (TPSA) is 88.4 Å². The zero-order valence-electron chi connectivity index (χ0n) is 16.4. The van der Waals surface area contributed by atoms with E-state index in [1.54, 1.807) is 11.6 Å². The van der Waals surface area contributed by atoms with Crippen LogP contribution in [-0.4, -0.2) is 58.6 Å². The molecule has 0 bridgehead atoms. The van der Waals surface area contributed by atoms with Gasteiger partial charge in [-0.3, -0.25) is 24.0 Å². The molecule has 0 radical (unpaired) electrons. The number of nitrogens with zero attached hydrogens (tertiary/aromatic N) is 3. The quantitative estimate of drug-likeness (QED) is 0.732. The molecule has 2 N–H and O–H groups in total. The van der Waals surface area contributed by atoms with Crippen molar-refractivity contribution >= 4 is 22.8 Å². The van der Waals surface area contributed by atoms with Crippen molar-refractivity contribution in [2.75, 3.05) is 26.7 Å². The van der Waals surface area contributed by atoms with E-state index in [9.17, 15) is 14.4 Å². The molecule has 150 valence electrons. The monoisotopic (exact) mass is 385 g/mol. The molecule has 4 rings (SSSR count). The number of hydrogen-bond donors (Lipinski definition) is 2. The average molecular weight is 385 g/mol. The Bertz CT molecular complexity index is 976. The van der Waals surface area contributed by atoms with Gasteiger partial charge in [0, 0.05) is 39.1 Å². The van der Waals surface area contributed by atoms with Crippen molar-refractivity contribution < 1.29 is 9.59 Å². The highest BCUT2D eigenvalue weighted by Crippen LogP contribution is 2.24. The largest absolute Gasteiger partial charge is 0.329 e. The maximum Gasteiger partial charge on any atom is 0.329 e. The van der Waals surface area contributed by atoms with E-state index in [4.69, 9.17) is 0 Å². The minimum atomic E-state index is -0.637. The van der Waals surface area contributed by atoms with E-state index in [1.165, 1.54) is 10.1 Å². The third-order valence-electron chi connectivity index (χ3n) is 6.09. The molecule has 28 heavy (non-hydrogen) atoms. The number of imidazole rings is 1. The number of likely N-dealkylation sites (N-methyl/N-ethyl adjacent to an activating group) is 1. The number of carbonyl (C=O) groups excluding carboxylic acids is 2. The highest BCUT2D eigenvalue weighted by atomic mass is 16.2. The van der Waals surface area contributed by atoms with Crippen LogP contribution < -0.4 is 16.3 Å². The van der Waals surface area contributed by atoms with E-state index >= 15 is 0 Å². The SMILES string of the molecule is CN1CCNC[C@H]1CCc1ccc2c(c1)n(C)c(=O)n2C1CCC(=O)NC1=O. The van der Waals surface area contributed by atoms with Gasteiger partial charge in [-0.15, -0.1) is 0 Å². The normalized spacial score (nSPS) is 23.9. The summed E-state index contributed by atoms with van der Waals surface area (Å²) in [6, 6.07) is 5.90. The van der Waals surface area contributed by atoms with Crippen LogP contribution in [0.2, 0.25) is 0 Å². The van der Waals surface area contributed by atoms with Crippen molar-refractivity contribution in [3.63, 3.8) is 0 Å². The molecular weight excluding hydrogens is 358 g/mol. The summed E-state index contributed by atoms with van der Waals surface area (Å²) >= 11 is 0. The molecule has 0 saturated carbocycles. The zero-order valence-corrected chi connectivity index (χ0v) is 16.4. The van der Waals surface area contributed by atoms with Crippen LogP contribution in [0.4, 0.5) is 0 Å². The zero-order chi connectivity index (χ0) is 19.8. The number of aryl methyl sites for hydroxylation is 2. The fourth-order valence-corrected chi connectivity index (χ4v) is 4.31. The van der Waals surface area contributed by atoms with Gasteiger partial charge in [0.25, 0.3) is 0 Å². The van der Waals surface area contributed by atoms with E-state index in [1.807, 2.05) is 12.1 Å². The lowest BCUT2D eigenvalue weighted by Gasteiger charge is -2.33. The molecule has 0 aliphatic carbocycles. The van der Waals surface area contributed by atoms with Gasteiger partial charge in [0.15, 0.2) is 0 Å². The fraction of sp³-hybridized carbons (Fsp3) is 0.550. The Hall–Kier alpha value is -2.45. The number of amides is 2. The highest BCUT2D eigenvalue weighted by molar-refractivity contribution is 6.00. The van der Waals surface area contributed by atoms with E-state index in [-0.39, 0.29) is 18.0 Å². The summed E-state index contributed by atoms with van der Waals surface area (Å²) < 4.78 is 3.12. The van der Waals surface area contributed by atoms with Gasteiger partial charge in [0.2, 0.25) is 11.8 Å². The van der Waals surface area contributed by atoms with Gasteiger partial charge in [-0.2, -0.15) is 0 Å². The molecule has 2 aromatic rings. The predicted octanol–water partition coefficient (Wildman–Crippen LogP) is 0.154. The molecule has 2 aliphatic heterocycles. The molecule has 2 aliphatic rings. The van der Waals surface area contributed by atoms with Gasteiger partial charge >= 0.3 is 5.69 Å². The number of rotatable bonds is 4.